The van der Waals surface area contributed by atoms with Gasteiger partial charge in [0.25, 0.3) is 0 Å². The van der Waals surface area contributed by atoms with Crippen LogP contribution in [-0.2, 0) is 35.1 Å². The fourth-order valence-electron chi connectivity index (χ4n) is 9.60. The van der Waals surface area contributed by atoms with Crippen LogP contribution in [0.3, 0.4) is 0 Å². The molecule has 64 heavy (non-hydrogen) atoms. The van der Waals surface area contributed by atoms with Gasteiger partial charge in [0.2, 0.25) is 11.8 Å². The lowest BCUT2D eigenvalue weighted by atomic mass is 9.92. The molecule has 17 nitrogen and oxygen atoms in total. The van der Waals surface area contributed by atoms with Gasteiger partial charge in [0, 0.05) is 43.7 Å². The first-order valence-corrected chi connectivity index (χ1v) is 22.0. The van der Waals surface area contributed by atoms with Crippen molar-refractivity contribution >= 4 is 45.8 Å². The second-order valence-electron chi connectivity index (χ2n) is 17.3. The zero-order valence-corrected chi connectivity index (χ0v) is 37.7. The number of benzene rings is 3. The van der Waals surface area contributed by atoms with E-state index in [2.05, 4.69) is 50.9 Å². The SMILES string of the molecule is CC[C@H](C)[C@H](NC(=O)OC)C(=O)N1[C@@H](C)CC[C@H]1c1ncc(-c2ccc3c(c2)COc2cc4c(ccc5[nH]c([C@@H]6C[C@H](COC)CN6C(=O)[C@@H](NC(=O)OC)[C@@H](C)OC)nc54)cc2-3)[nH]1. The first-order valence-electron chi connectivity index (χ1n) is 22.0. The Morgan fingerprint density at radius 2 is 1.66 bits per heavy atom. The summed E-state index contributed by atoms with van der Waals surface area (Å²) in [6.45, 7) is 8.97. The molecule has 0 saturated carbocycles. The van der Waals surface area contributed by atoms with Gasteiger partial charge in [0.05, 0.1) is 61.9 Å². The van der Waals surface area contributed by atoms with Crippen molar-refractivity contribution in [2.24, 2.45) is 11.8 Å². The lowest BCUT2D eigenvalue weighted by Crippen LogP contribution is -2.54. The number of methoxy groups -OCH3 is 4. The normalized spacial score (nSPS) is 21.1. The van der Waals surface area contributed by atoms with E-state index in [1.165, 1.54) is 21.3 Å². The third kappa shape index (κ3) is 8.33. The Morgan fingerprint density at radius 3 is 2.38 bits per heavy atom. The average molecular weight is 879 g/mol. The molecule has 0 bridgehead atoms. The first-order chi connectivity index (χ1) is 30.9. The van der Waals surface area contributed by atoms with Crippen LogP contribution < -0.4 is 15.4 Å². The van der Waals surface area contributed by atoms with Gasteiger partial charge >= 0.3 is 12.2 Å². The summed E-state index contributed by atoms with van der Waals surface area (Å²) in [6, 6.07) is 12.2. The second kappa shape index (κ2) is 18.5. The summed E-state index contributed by atoms with van der Waals surface area (Å²) >= 11 is 0. The van der Waals surface area contributed by atoms with Crippen molar-refractivity contribution in [1.82, 2.24) is 40.4 Å². The molecule has 3 aromatic carbocycles. The summed E-state index contributed by atoms with van der Waals surface area (Å²) in [5.74, 6) is 1.62. The molecule has 0 spiro atoms. The van der Waals surface area contributed by atoms with Crippen LogP contribution in [-0.4, -0.2) is 120 Å². The molecule has 17 heteroatoms. The van der Waals surface area contributed by atoms with E-state index in [-0.39, 0.29) is 35.7 Å². The zero-order valence-electron chi connectivity index (χ0n) is 37.7. The minimum Gasteiger partial charge on any atom is -0.488 e. The van der Waals surface area contributed by atoms with Crippen LogP contribution in [0, 0.1) is 11.8 Å². The van der Waals surface area contributed by atoms with Crippen LogP contribution >= 0.6 is 0 Å². The Hall–Kier alpha value is -6.20. The number of hydrogen-bond acceptors (Lipinski definition) is 11. The number of H-pyrrole nitrogens is 2. The minimum atomic E-state index is -0.971. The van der Waals surface area contributed by atoms with Gasteiger partial charge in [-0.05, 0) is 85.4 Å². The van der Waals surface area contributed by atoms with E-state index in [9.17, 15) is 19.2 Å². The van der Waals surface area contributed by atoms with Crippen molar-refractivity contribution < 1.29 is 42.9 Å². The predicted molar refractivity (Wildman–Crippen MR) is 238 cm³/mol. The van der Waals surface area contributed by atoms with E-state index in [1.807, 2.05) is 44.0 Å². The zero-order chi connectivity index (χ0) is 45.4. The molecule has 8 atom stereocenters. The number of imidazole rings is 2. The van der Waals surface area contributed by atoms with E-state index >= 15 is 0 Å². The lowest BCUT2D eigenvalue weighted by Gasteiger charge is -2.33. The highest BCUT2D eigenvalue weighted by Crippen LogP contribution is 2.44. The quantitative estimate of drug-likeness (QED) is 0.0971. The number of likely N-dealkylation sites (tertiary alicyclic amines) is 2. The average Bonchev–Trinajstić information content (AvgIpc) is 4.14. The molecule has 340 valence electrons. The third-order valence-electron chi connectivity index (χ3n) is 13.4. The van der Waals surface area contributed by atoms with E-state index in [4.69, 9.17) is 33.7 Å². The van der Waals surface area contributed by atoms with Crippen LogP contribution in [0.25, 0.3) is 44.2 Å². The number of carbonyl (C=O) groups is 4. The Labute approximate surface area is 371 Å². The number of hydrogen-bond donors (Lipinski definition) is 4. The van der Waals surface area contributed by atoms with E-state index in [1.54, 1.807) is 18.9 Å². The molecule has 0 radical (unpaired) electrons. The fourth-order valence-corrected chi connectivity index (χ4v) is 9.60. The van der Waals surface area contributed by atoms with Crippen molar-refractivity contribution in [3.63, 3.8) is 0 Å². The topological polar surface area (TPSA) is 202 Å². The van der Waals surface area contributed by atoms with Gasteiger partial charge < -0.3 is 54.1 Å². The number of nitrogens with zero attached hydrogens (tertiary/aromatic N) is 4. The molecular formula is C47H58N8O9. The summed E-state index contributed by atoms with van der Waals surface area (Å²) in [5, 5.41) is 7.33. The van der Waals surface area contributed by atoms with Crippen LogP contribution in [0.1, 0.15) is 82.7 Å². The van der Waals surface area contributed by atoms with Gasteiger partial charge in [0.1, 0.15) is 36.1 Å². The standard InChI is InChI=1S/C47H58N8O9/c1-9-24(2)39(52-46(58)62-7)45(57)55-25(3)10-15-36(55)42-48-20-35(50-42)29-11-13-31-30(17-29)23-64-38-19-32-28(18-33(31)38)12-14-34-41(32)51-43(49-34)37-16-27(22-60-5)21-54(37)44(56)40(26(4)61-6)53-47(59)63-8/h11-14,17-20,24-27,36-37,39-40H,9-10,15-16,21-23H2,1-8H3,(H,48,50)(H,49,51)(H,52,58)(H,53,59)/t24-,25-,26+,27-,36-,37-,39-,40-/m0/s1. The summed E-state index contributed by atoms with van der Waals surface area (Å²) in [4.78, 5) is 73.2. The van der Waals surface area contributed by atoms with Crippen molar-refractivity contribution in [2.75, 3.05) is 41.6 Å². The highest BCUT2D eigenvalue weighted by molar-refractivity contribution is 6.07. The van der Waals surface area contributed by atoms with Crippen molar-refractivity contribution in [3.8, 4) is 28.1 Å². The second-order valence-corrected chi connectivity index (χ2v) is 17.3. The van der Waals surface area contributed by atoms with Crippen LogP contribution in [0.4, 0.5) is 9.59 Å². The predicted octanol–water partition coefficient (Wildman–Crippen LogP) is 6.78. The maximum atomic E-state index is 14.1. The van der Waals surface area contributed by atoms with Crippen LogP contribution in [0.2, 0.25) is 0 Å². The first kappa shape index (κ1) is 44.4. The summed E-state index contributed by atoms with van der Waals surface area (Å²) in [7, 11) is 5.69. The maximum Gasteiger partial charge on any atom is 0.407 e. The highest BCUT2D eigenvalue weighted by atomic mass is 16.5. The minimum absolute atomic E-state index is 0.0241. The van der Waals surface area contributed by atoms with E-state index in [0.717, 1.165) is 68.3 Å². The lowest BCUT2D eigenvalue weighted by molar-refractivity contribution is -0.138. The maximum absolute atomic E-state index is 14.1. The number of aromatic amines is 2. The molecule has 3 aliphatic heterocycles. The van der Waals surface area contributed by atoms with Gasteiger partial charge in [-0.3, -0.25) is 9.59 Å². The molecule has 2 saturated heterocycles. The number of nitrogens with one attached hydrogen (secondary N) is 4. The van der Waals surface area contributed by atoms with Gasteiger partial charge in [-0.25, -0.2) is 19.6 Å². The highest BCUT2D eigenvalue weighted by Gasteiger charge is 2.44. The molecule has 2 aromatic heterocycles. The van der Waals surface area contributed by atoms with Crippen molar-refractivity contribution in [3.05, 3.63) is 65.9 Å². The summed E-state index contributed by atoms with van der Waals surface area (Å²) < 4.78 is 27.1. The smallest absolute Gasteiger partial charge is 0.407 e. The summed E-state index contributed by atoms with van der Waals surface area (Å²) in [6.07, 6.45) is 2.75. The molecule has 5 heterocycles. The molecule has 3 aliphatic rings. The molecule has 0 unspecified atom stereocenters. The monoisotopic (exact) mass is 878 g/mol. The van der Waals surface area contributed by atoms with E-state index in [0.29, 0.717) is 44.2 Å². The molecule has 2 fully saturated rings. The number of carbonyl (C=O) groups excluding carboxylic acids is 4. The Balaban J connectivity index is 1.05. The Bertz CT molecular complexity index is 2560. The number of alkyl carbamates (subject to hydrolysis) is 2. The number of fused-ring (bicyclic) bond motifs is 6. The third-order valence-corrected chi connectivity index (χ3v) is 13.4. The van der Waals surface area contributed by atoms with Gasteiger partial charge in [0.15, 0.2) is 0 Å². The van der Waals surface area contributed by atoms with Gasteiger partial charge in [-0.2, -0.15) is 0 Å². The van der Waals surface area contributed by atoms with Crippen molar-refractivity contribution in [1.29, 1.82) is 0 Å². The molecule has 5 aromatic rings. The largest absolute Gasteiger partial charge is 0.488 e. The fraction of sp³-hybridized carbons (Fsp3) is 0.489. The summed E-state index contributed by atoms with van der Waals surface area (Å²) in [5.41, 5.74) is 6.43. The van der Waals surface area contributed by atoms with Crippen molar-refractivity contribution in [2.45, 2.75) is 96.3 Å². The number of ether oxygens (including phenoxy) is 5. The van der Waals surface area contributed by atoms with Gasteiger partial charge in [-0.15, -0.1) is 0 Å². The van der Waals surface area contributed by atoms with E-state index < -0.39 is 36.4 Å². The number of aromatic nitrogens is 4. The molecule has 4 amide bonds. The van der Waals surface area contributed by atoms with Gasteiger partial charge in [-0.1, -0.05) is 38.5 Å². The molecular weight excluding hydrogens is 821 g/mol. The number of amides is 4. The number of rotatable bonds is 13. The molecule has 0 aliphatic carbocycles. The Kier molecular flexibility index (Phi) is 12.8. The molecule has 4 N–H and O–H groups in total. The van der Waals surface area contributed by atoms with Crippen LogP contribution in [0.15, 0.2) is 48.7 Å². The van der Waals surface area contributed by atoms with Crippen LogP contribution in [0.5, 0.6) is 5.75 Å². The Morgan fingerprint density at radius 1 is 0.891 bits per heavy atom. The molecule has 8 rings (SSSR count).